The summed E-state index contributed by atoms with van der Waals surface area (Å²) in [5.41, 5.74) is 1.65. The monoisotopic (exact) mass is 381 g/mol. The van der Waals surface area contributed by atoms with E-state index in [0.717, 1.165) is 56.8 Å². The SMILES string of the molecule is C=C(/C=C\CC)C(=O)N1CCC2(CC1)Nc1cccnc1N1C(CC)NCC12. The highest BCUT2D eigenvalue weighted by molar-refractivity contribution is 5.95. The third kappa shape index (κ3) is 3.09. The van der Waals surface area contributed by atoms with Crippen molar-refractivity contribution in [1.82, 2.24) is 15.2 Å². The van der Waals surface area contributed by atoms with Crippen LogP contribution in [-0.2, 0) is 4.79 Å². The number of nitrogens with zero attached hydrogens (tertiary/aromatic N) is 3. The first-order chi connectivity index (χ1) is 13.6. The predicted molar refractivity (Wildman–Crippen MR) is 113 cm³/mol. The van der Waals surface area contributed by atoms with Gasteiger partial charge in [0.05, 0.1) is 23.4 Å². The minimum atomic E-state index is -0.0374. The summed E-state index contributed by atoms with van der Waals surface area (Å²) in [7, 11) is 0. The molecular weight excluding hydrogens is 350 g/mol. The molecule has 1 spiro atoms. The molecule has 2 fully saturated rings. The van der Waals surface area contributed by atoms with Gasteiger partial charge in [0.2, 0.25) is 0 Å². The van der Waals surface area contributed by atoms with Crippen LogP contribution in [0.4, 0.5) is 11.5 Å². The van der Waals surface area contributed by atoms with E-state index in [1.165, 1.54) is 0 Å². The zero-order valence-corrected chi connectivity index (χ0v) is 16.9. The number of amides is 1. The second-order valence-corrected chi connectivity index (χ2v) is 8.04. The minimum Gasteiger partial charge on any atom is -0.374 e. The number of rotatable bonds is 4. The van der Waals surface area contributed by atoms with Gasteiger partial charge in [-0.15, -0.1) is 0 Å². The number of allylic oxidation sites excluding steroid dienone is 1. The zero-order valence-electron chi connectivity index (χ0n) is 16.9. The summed E-state index contributed by atoms with van der Waals surface area (Å²) < 4.78 is 0. The van der Waals surface area contributed by atoms with Crippen molar-refractivity contribution < 1.29 is 4.79 Å². The third-order valence-corrected chi connectivity index (χ3v) is 6.43. The quantitative estimate of drug-likeness (QED) is 0.620. The van der Waals surface area contributed by atoms with Gasteiger partial charge in [-0.1, -0.05) is 32.6 Å². The molecule has 2 unspecified atom stereocenters. The summed E-state index contributed by atoms with van der Waals surface area (Å²) in [6.45, 7) is 10.7. The van der Waals surface area contributed by atoms with E-state index in [1.54, 1.807) is 0 Å². The van der Waals surface area contributed by atoms with Gasteiger partial charge in [-0.3, -0.25) is 10.1 Å². The van der Waals surface area contributed by atoms with Crippen LogP contribution in [0.1, 0.15) is 39.5 Å². The molecule has 0 aromatic carbocycles. The van der Waals surface area contributed by atoms with Gasteiger partial charge in [-0.2, -0.15) is 0 Å². The van der Waals surface area contributed by atoms with Crippen molar-refractivity contribution in [1.29, 1.82) is 0 Å². The molecule has 0 aliphatic carbocycles. The van der Waals surface area contributed by atoms with Crippen molar-refractivity contribution in [2.45, 2.75) is 57.3 Å². The zero-order chi connectivity index (χ0) is 19.7. The number of carbonyl (C=O) groups excluding carboxylic acids is 1. The molecule has 4 heterocycles. The summed E-state index contributed by atoms with van der Waals surface area (Å²) in [6, 6.07) is 4.47. The van der Waals surface area contributed by atoms with E-state index in [9.17, 15) is 4.79 Å². The van der Waals surface area contributed by atoms with Crippen LogP contribution >= 0.6 is 0 Å². The fourth-order valence-corrected chi connectivity index (χ4v) is 4.91. The summed E-state index contributed by atoms with van der Waals surface area (Å²) in [5, 5.41) is 7.51. The number of carbonyl (C=O) groups is 1. The number of hydrogen-bond acceptors (Lipinski definition) is 5. The lowest BCUT2D eigenvalue weighted by Gasteiger charge is -2.53. The third-order valence-electron chi connectivity index (χ3n) is 6.43. The van der Waals surface area contributed by atoms with Gasteiger partial charge < -0.3 is 15.1 Å². The summed E-state index contributed by atoms with van der Waals surface area (Å²) >= 11 is 0. The Hall–Kier alpha value is -2.34. The molecule has 3 aliphatic heterocycles. The summed E-state index contributed by atoms with van der Waals surface area (Å²) in [4.78, 5) is 21.8. The summed E-state index contributed by atoms with van der Waals surface area (Å²) in [5.74, 6) is 1.11. The molecule has 150 valence electrons. The number of hydrogen-bond donors (Lipinski definition) is 2. The molecule has 3 aliphatic rings. The number of nitrogens with one attached hydrogen (secondary N) is 2. The van der Waals surface area contributed by atoms with Crippen molar-refractivity contribution in [3.63, 3.8) is 0 Å². The molecule has 4 rings (SSSR count). The maximum absolute atomic E-state index is 12.7. The average Bonchev–Trinajstić information content (AvgIpc) is 3.18. The van der Waals surface area contributed by atoms with Crippen molar-refractivity contribution >= 4 is 17.4 Å². The molecule has 28 heavy (non-hydrogen) atoms. The van der Waals surface area contributed by atoms with Crippen LogP contribution in [0, 0.1) is 0 Å². The van der Waals surface area contributed by atoms with Gasteiger partial charge in [-0.25, -0.2) is 4.98 Å². The maximum atomic E-state index is 12.7. The van der Waals surface area contributed by atoms with E-state index in [0.29, 0.717) is 17.8 Å². The average molecular weight is 382 g/mol. The van der Waals surface area contributed by atoms with Crippen LogP contribution < -0.4 is 15.5 Å². The lowest BCUT2D eigenvalue weighted by atomic mass is 9.78. The Kier molecular flexibility index (Phi) is 5.15. The topological polar surface area (TPSA) is 60.5 Å². The van der Waals surface area contributed by atoms with Crippen LogP contribution in [0.15, 0.2) is 42.6 Å². The molecule has 2 N–H and O–H groups in total. The first-order valence-electron chi connectivity index (χ1n) is 10.5. The van der Waals surface area contributed by atoms with E-state index in [4.69, 9.17) is 0 Å². The number of fused-ring (bicyclic) bond motifs is 4. The highest BCUT2D eigenvalue weighted by atomic mass is 16.2. The lowest BCUT2D eigenvalue weighted by molar-refractivity contribution is -0.128. The fraction of sp³-hybridized carbons (Fsp3) is 0.545. The van der Waals surface area contributed by atoms with Crippen molar-refractivity contribution in [3.05, 3.63) is 42.6 Å². The number of pyridine rings is 1. The minimum absolute atomic E-state index is 0.0374. The van der Waals surface area contributed by atoms with Crippen molar-refractivity contribution in [2.24, 2.45) is 0 Å². The van der Waals surface area contributed by atoms with Crippen LogP contribution in [-0.4, -0.2) is 53.2 Å². The molecule has 6 heteroatoms. The van der Waals surface area contributed by atoms with E-state index in [1.807, 2.05) is 29.3 Å². The molecule has 0 radical (unpaired) electrons. The summed E-state index contributed by atoms with van der Waals surface area (Å²) in [6.07, 6.45) is 9.84. The smallest absolute Gasteiger partial charge is 0.253 e. The van der Waals surface area contributed by atoms with Gasteiger partial charge in [0, 0.05) is 31.4 Å². The Bertz CT molecular complexity index is 781. The second kappa shape index (κ2) is 7.59. The Morgan fingerprint density at radius 1 is 1.39 bits per heavy atom. The van der Waals surface area contributed by atoms with Gasteiger partial charge in [0.1, 0.15) is 0 Å². The van der Waals surface area contributed by atoms with Crippen molar-refractivity contribution in [3.8, 4) is 0 Å². The van der Waals surface area contributed by atoms with E-state index in [2.05, 4.69) is 47.0 Å². The molecule has 0 bridgehead atoms. The molecule has 1 aromatic rings. The number of likely N-dealkylation sites (tertiary alicyclic amines) is 1. The lowest BCUT2D eigenvalue weighted by Crippen LogP contribution is -2.64. The van der Waals surface area contributed by atoms with Crippen LogP contribution in [0.2, 0.25) is 0 Å². The Balaban J connectivity index is 1.54. The molecule has 2 atom stereocenters. The predicted octanol–water partition coefficient (Wildman–Crippen LogP) is 2.91. The van der Waals surface area contributed by atoms with Crippen LogP contribution in [0.3, 0.4) is 0 Å². The van der Waals surface area contributed by atoms with E-state index >= 15 is 0 Å². The molecule has 0 saturated carbocycles. The standard InChI is InChI=1S/C22H31N5O/c1-4-6-8-16(3)21(28)26-13-10-22(11-14-26)18-15-24-19(5-2)27(18)20-17(25-22)9-7-12-23-20/h6-9,12,18-19,24-25H,3-5,10-11,13-15H2,1-2H3/b8-6-. The molecule has 2 saturated heterocycles. The first-order valence-corrected chi connectivity index (χ1v) is 10.5. The number of aromatic nitrogens is 1. The van der Waals surface area contributed by atoms with Gasteiger partial charge in [-0.05, 0) is 37.8 Å². The largest absolute Gasteiger partial charge is 0.374 e. The van der Waals surface area contributed by atoms with Crippen LogP contribution in [0.25, 0.3) is 0 Å². The molecular formula is C22H31N5O. The van der Waals surface area contributed by atoms with Crippen molar-refractivity contribution in [2.75, 3.05) is 29.9 Å². The Morgan fingerprint density at radius 3 is 2.89 bits per heavy atom. The molecule has 1 aromatic heterocycles. The van der Waals surface area contributed by atoms with Crippen LogP contribution in [0.5, 0.6) is 0 Å². The maximum Gasteiger partial charge on any atom is 0.253 e. The molecule has 1 amide bonds. The number of anilines is 2. The normalized spacial score (nSPS) is 25.5. The highest BCUT2D eigenvalue weighted by Gasteiger charge is 2.52. The Labute approximate surface area is 167 Å². The van der Waals surface area contributed by atoms with Gasteiger partial charge in [0.15, 0.2) is 5.82 Å². The highest BCUT2D eigenvalue weighted by Crippen LogP contribution is 2.44. The van der Waals surface area contributed by atoms with E-state index in [-0.39, 0.29) is 11.4 Å². The van der Waals surface area contributed by atoms with E-state index < -0.39 is 0 Å². The van der Waals surface area contributed by atoms with Gasteiger partial charge >= 0.3 is 0 Å². The molecule has 6 nitrogen and oxygen atoms in total. The second-order valence-electron chi connectivity index (χ2n) is 8.04. The Morgan fingerprint density at radius 2 is 2.18 bits per heavy atom. The number of piperidine rings is 1. The fourth-order valence-electron chi connectivity index (χ4n) is 4.91. The van der Waals surface area contributed by atoms with Gasteiger partial charge in [0.25, 0.3) is 5.91 Å². The first kappa shape index (κ1) is 19.0.